The van der Waals surface area contributed by atoms with Crippen LogP contribution in [0.2, 0.25) is 0 Å². The van der Waals surface area contributed by atoms with E-state index in [0.29, 0.717) is 0 Å². The van der Waals surface area contributed by atoms with Crippen LogP contribution in [0.3, 0.4) is 0 Å². The van der Waals surface area contributed by atoms with Crippen molar-refractivity contribution in [3.63, 3.8) is 0 Å². The first-order chi connectivity index (χ1) is 7.86. The molecule has 1 heterocycles. The van der Waals surface area contributed by atoms with Gasteiger partial charge in [0, 0.05) is 19.4 Å². The summed E-state index contributed by atoms with van der Waals surface area (Å²) in [5, 5.41) is 13.7. The smallest absolute Gasteiger partial charge is 0.119 e. The summed E-state index contributed by atoms with van der Waals surface area (Å²) in [5.74, 6) is 0. The van der Waals surface area contributed by atoms with Gasteiger partial charge in [-0.3, -0.25) is 0 Å². The molecule has 0 fully saturated rings. The summed E-state index contributed by atoms with van der Waals surface area (Å²) in [6.07, 6.45) is 4.11. The van der Waals surface area contributed by atoms with E-state index in [1.165, 1.54) is 0 Å². The Hall–Kier alpha value is -0.520. The Balaban J connectivity index is 2.17. The third kappa shape index (κ3) is 5.53. The number of aromatic nitrogens is 2. The van der Waals surface area contributed by atoms with Crippen LogP contribution in [0.25, 0.3) is 0 Å². The fraction of sp³-hybridized carbons (Fsp3) is 0.818. The minimum atomic E-state index is 0.763. The zero-order valence-electron chi connectivity index (χ0n) is 10.2. The highest BCUT2D eigenvalue weighted by Gasteiger charge is 2.03. The molecule has 0 bridgehead atoms. The van der Waals surface area contributed by atoms with Gasteiger partial charge in [-0.25, -0.2) is 0 Å². The summed E-state index contributed by atoms with van der Waals surface area (Å²) in [4.78, 5) is 0. The highest BCUT2D eigenvalue weighted by atomic mass is 32.1. The first-order valence-electron chi connectivity index (χ1n) is 5.90. The van der Waals surface area contributed by atoms with Gasteiger partial charge in [-0.1, -0.05) is 6.92 Å². The van der Waals surface area contributed by atoms with Crippen molar-refractivity contribution in [1.82, 2.24) is 15.5 Å². The van der Waals surface area contributed by atoms with Gasteiger partial charge in [-0.15, -0.1) is 21.5 Å². The maximum Gasteiger partial charge on any atom is 0.119 e. The van der Waals surface area contributed by atoms with Crippen molar-refractivity contribution < 1.29 is 4.74 Å². The molecule has 5 heteroatoms. The van der Waals surface area contributed by atoms with Crippen LogP contribution in [0.15, 0.2) is 0 Å². The van der Waals surface area contributed by atoms with Crippen LogP contribution in [0, 0.1) is 0 Å². The molecule has 4 nitrogen and oxygen atoms in total. The maximum absolute atomic E-state index is 5.42. The third-order valence-electron chi connectivity index (χ3n) is 2.13. The Kier molecular flexibility index (Phi) is 7.29. The maximum atomic E-state index is 5.42. The average molecular weight is 243 g/mol. The van der Waals surface area contributed by atoms with Crippen molar-refractivity contribution in [1.29, 1.82) is 0 Å². The van der Waals surface area contributed by atoms with Crippen LogP contribution in [-0.4, -0.2) is 37.0 Å². The van der Waals surface area contributed by atoms with E-state index in [9.17, 15) is 0 Å². The standard InChI is InChI=1S/C11H21N3OS/c1-3-8-15-9-6-11-14-13-10(16-11)5-4-7-12-2/h12H,3-9H2,1-2H3. The first-order valence-corrected chi connectivity index (χ1v) is 6.72. The van der Waals surface area contributed by atoms with Gasteiger partial charge < -0.3 is 10.1 Å². The van der Waals surface area contributed by atoms with Gasteiger partial charge in [0.15, 0.2) is 0 Å². The quantitative estimate of drug-likeness (QED) is 0.670. The SMILES string of the molecule is CCCOCCc1nnc(CCCNC)s1. The number of nitrogens with one attached hydrogen (secondary N) is 1. The van der Waals surface area contributed by atoms with Gasteiger partial charge in [0.25, 0.3) is 0 Å². The minimum Gasteiger partial charge on any atom is -0.381 e. The number of hydrogen-bond donors (Lipinski definition) is 1. The molecular weight excluding hydrogens is 222 g/mol. The summed E-state index contributed by atoms with van der Waals surface area (Å²) in [6.45, 7) is 4.76. The molecule has 0 aromatic carbocycles. The van der Waals surface area contributed by atoms with Crippen LogP contribution < -0.4 is 5.32 Å². The van der Waals surface area contributed by atoms with E-state index in [1.54, 1.807) is 11.3 Å². The Morgan fingerprint density at radius 2 is 1.94 bits per heavy atom. The molecule has 1 aromatic heterocycles. The molecule has 0 spiro atoms. The summed E-state index contributed by atoms with van der Waals surface area (Å²) in [7, 11) is 1.97. The molecule has 0 aliphatic carbocycles. The predicted octanol–water partition coefficient (Wildman–Crippen LogP) is 1.66. The molecule has 0 saturated heterocycles. The molecule has 0 amide bonds. The minimum absolute atomic E-state index is 0.763. The van der Waals surface area contributed by atoms with Crippen molar-refractivity contribution >= 4 is 11.3 Å². The lowest BCUT2D eigenvalue weighted by Crippen LogP contribution is -2.08. The van der Waals surface area contributed by atoms with Crippen LogP contribution >= 0.6 is 11.3 Å². The number of rotatable bonds is 9. The molecule has 0 aliphatic heterocycles. The fourth-order valence-corrected chi connectivity index (χ4v) is 2.18. The van der Waals surface area contributed by atoms with E-state index in [0.717, 1.165) is 55.5 Å². The van der Waals surface area contributed by atoms with Crippen molar-refractivity contribution in [2.75, 3.05) is 26.8 Å². The van der Waals surface area contributed by atoms with E-state index in [2.05, 4.69) is 22.4 Å². The topological polar surface area (TPSA) is 47.0 Å². The first kappa shape index (κ1) is 13.5. The summed E-state index contributed by atoms with van der Waals surface area (Å²) < 4.78 is 5.42. The third-order valence-corrected chi connectivity index (χ3v) is 3.18. The lowest BCUT2D eigenvalue weighted by molar-refractivity contribution is 0.138. The van der Waals surface area contributed by atoms with Crippen LogP contribution in [0.5, 0.6) is 0 Å². The zero-order chi connectivity index (χ0) is 11.6. The molecule has 0 radical (unpaired) electrons. The highest BCUT2D eigenvalue weighted by molar-refractivity contribution is 7.11. The van der Waals surface area contributed by atoms with Gasteiger partial charge in [-0.05, 0) is 26.4 Å². The second-order valence-corrected chi connectivity index (χ2v) is 4.81. The Morgan fingerprint density at radius 1 is 1.19 bits per heavy atom. The molecule has 1 aromatic rings. The van der Waals surface area contributed by atoms with E-state index in [4.69, 9.17) is 4.74 Å². The van der Waals surface area contributed by atoms with Crippen molar-refractivity contribution in [2.24, 2.45) is 0 Å². The van der Waals surface area contributed by atoms with Gasteiger partial charge in [0.05, 0.1) is 6.61 Å². The van der Waals surface area contributed by atoms with Crippen LogP contribution in [0.4, 0.5) is 0 Å². The van der Waals surface area contributed by atoms with Crippen molar-refractivity contribution in [3.05, 3.63) is 10.0 Å². The molecule has 92 valence electrons. The van der Waals surface area contributed by atoms with Crippen molar-refractivity contribution in [3.8, 4) is 0 Å². The number of nitrogens with zero attached hydrogens (tertiary/aromatic N) is 2. The molecule has 0 saturated carbocycles. The van der Waals surface area contributed by atoms with Crippen molar-refractivity contribution in [2.45, 2.75) is 32.6 Å². The lowest BCUT2D eigenvalue weighted by Gasteiger charge is -1.98. The van der Waals surface area contributed by atoms with Gasteiger partial charge in [0.2, 0.25) is 0 Å². The van der Waals surface area contributed by atoms with E-state index in [-0.39, 0.29) is 0 Å². The second-order valence-electron chi connectivity index (χ2n) is 3.66. The number of hydrogen-bond acceptors (Lipinski definition) is 5. The molecule has 0 aliphatic rings. The normalized spacial score (nSPS) is 10.9. The molecule has 1 rings (SSSR count). The highest BCUT2D eigenvalue weighted by Crippen LogP contribution is 2.12. The Bertz CT molecular complexity index is 278. The second kappa shape index (κ2) is 8.61. The number of aryl methyl sites for hydroxylation is 1. The van der Waals surface area contributed by atoms with Crippen LogP contribution in [0.1, 0.15) is 29.8 Å². The summed E-state index contributed by atoms with van der Waals surface area (Å²) in [6, 6.07) is 0. The van der Waals surface area contributed by atoms with E-state index < -0.39 is 0 Å². The van der Waals surface area contributed by atoms with E-state index >= 15 is 0 Å². The molecular formula is C11H21N3OS. The van der Waals surface area contributed by atoms with Crippen LogP contribution in [-0.2, 0) is 17.6 Å². The Morgan fingerprint density at radius 3 is 2.62 bits per heavy atom. The van der Waals surface area contributed by atoms with E-state index in [1.807, 2.05) is 7.05 Å². The molecule has 16 heavy (non-hydrogen) atoms. The lowest BCUT2D eigenvalue weighted by atomic mass is 10.3. The molecule has 0 atom stereocenters. The Labute approximate surface area is 101 Å². The molecule has 1 N–H and O–H groups in total. The number of ether oxygens (including phenoxy) is 1. The largest absolute Gasteiger partial charge is 0.381 e. The molecule has 0 unspecified atom stereocenters. The summed E-state index contributed by atoms with van der Waals surface area (Å²) >= 11 is 1.71. The zero-order valence-corrected chi connectivity index (χ0v) is 11.0. The monoisotopic (exact) mass is 243 g/mol. The van der Waals surface area contributed by atoms with Gasteiger partial charge in [0.1, 0.15) is 10.0 Å². The fourth-order valence-electron chi connectivity index (χ4n) is 1.31. The summed E-state index contributed by atoms with van der Waals surface area (Å²) in [5.41, 5.74) is 0. The average Bonchev–Trinajstić information content (AvgIpc) is 2.73. The van der Waals surface area contributed by atoms with Gasteiger partial charge in [-0.2, -0.15) is 0 Å². The predicted molar refractivity (Wildman–Crippen MR) is 67.0 cm³/mol. The van der Waals surface area contributed by atoms with Gasteiger partial charge >= 0.3 is 0 Å².